The summed E-state index contributed by atoms with van der Waals surface area (Å²) in [6.07, 6.45) is 2.33. The summed E-state index contributed by atoms with van der Waals surface area (Å²) in [4.78, 5) is 29.0. The van der Waals surface area contributed by atoms with Crippen molar-refractivity contribution in [3.8, 4) is 11.1 Å². The van der Waals surface area contributed by atoms with E-state index in [0.717, 1.165) is 34.2 Å². The number of pyridine rings is 1. The van der Waals surface area contributed by atoms with Crippen molar-refractivity contribution in [2.45, 2.75) is 19.4 Å². The summed E-state index contributed by atoms with van der Waals surface area (Å²) >= 11 is 12.2. The third kappa shape index (κ3) is 4.64. The van der Waals surface area contributed by atoms with Crippen LogP contribution in [-0.2, 0) is 11.3 Å². The number of benzene rings is 2. The van der Waals surface area contributed by atoms with Crippen molar-refractivity contribution in [1.29, 1.82) is 0 Å². The van der Waals surface area contributed by atoms with Gasteiger partial charge in [0.05, 0.1) is 16.0 Å². The molecule has 0 aliphatic rings. The van der Waals surface area contributed by atoms with E-state index >= 15 is 0 Å². The van der Waals surface area contributed by atoms with Gasteiger partial charge in [-0.05, 0) is 53.9 Å². The van der Waals surface area contributed by atoms with Gasteiger partial charge in [0, 0.05) is 31.0 Å². The SMILES string of the molecule is CC(C(=O)O)c1ccc(N(C)Cc2c(-c3ccc(Cl)c(Cl)c3)ccnc2C=O)cc1. The van der Waals surface area contributed by atoms with Crippen LogP contribution in [0.4, 0.5) is 5.69 Å². The molecule has 1 atom stereocenters. The quantitative estimate of drug-likeness (QED) is 0.475. The van der Waals surface area contributed by atoms with E-state index in [1.165, 1.54) is 0 Å². The summed E-state index contributed by atoms with van der Waals surface area (Å²) in [5.41, 5.74) is 4.40. The lowest BCUT2D eigenvalue weighted by molar-refractivity contribution is -0.138. The van der Waals surface area contributed by atoms with Crippen LogP contribution >= 0.6 is 23.2 Å². The van der Waals surface area contributed by atoms with E-state index < -0.39 is 11.9 Å². The number of hydrogen-bond acceptors (Lipinski definition) is 4. The highest BCUT2D eigenvalue weighted by Gasteiger charge is 2.16. The van der Waals surface area contributed by atoms with E-state index in [2.05, 4.69) is 4.98 Å². The summed E-state index contributed by atoms with van der Waals surface area (Å²) in [5.74, 6) is -1.45. The lowest BCUT2D eigenvalue weighted by atomic mass is 9.98. The summed E-state index contributed by atoms with van der Waals surface area (Å²) in [7, 11) is 1.90. The van der Waals surface area contributed by atoms with E-state index in [0.29, 0.717) is 22.3 Å². The molecule has 0 spiro atoms. The first-order valence-electron chi connectivity index (χ1n) is 9.24. The minimum absolute atomic E-state index is 0.349. The van der Waals surface area contributed by atoms with Crippen molar-refractivity contribution in [2.24, 2.45) is 0 Å². The molecule has 7 heteroatoms. The number of hydrogen-bond donors (Lipinski definition) is 1. The maximum Gasteiger partial charge on any atom is 0.310 e. The summed E-state index contributed by atoms with van der Waals surface area (Å²) in [6, 6.07) is 14.5. The first kappa shape index (κ1) is 21.8. The van der Waals surface area contributed by atoms with Crippen molar-refractivity contribution in [2.75, 3.05) is 11.9 Å². The molecule has 154 valence electrons. The maximum atomic E-state index is 11.6. The highest BCUT2D eigenvalue weighted by molar-refractivity contribution is 6.42. The lowest BCUT2D eigenvalue weighted by Crippen LogP contribution is -2.19. The van der Waals surface area contributed by atoms with Gasteiger partial charge < -0.3 is 10.0 Å². The number of anilines is 1. The monoisotopic (exact) mass is 442 g/mol. The van der Waals surface area contributed by atoms with Crippen LogP contribution in [-0.4, -0.2) is 29.4 Å². The minimum Gasteiger partial charge on any atom is -0.481 e. The fraction of sp³-hybridized carbons (Fsp3) is 0.174. The predicted octanol–water partition coefficient (Wildman–Crippen LogP) is 5.69. The molecular weight excluding hydrogens is 423 g/mol. The molecule has 5 nitrogen and oxygen atoms in total. The Labute approximate surface area is 184 Å². The van der Waals surface area contributed by atoms with Crippen molar-refractivity contribution >= 4 is 41.1 Å². The zero-order chi connectivity index (χ0) is 21.8. The van der Waals surface area contributed by atoms with Crippen molar-refractivity contribution in [1.82, 2.24) is 4.98 Å². The molecule has 0 radical (unpaired) electrons. The van der Waals surface area contributed by atoms with Crippen LogP contribution in [0.25, 0.3) is 11.1 Å². The molecule has 30 heavy (non-hydrogen) atoms. The van der Waals surface area contributed by atoms with E-state index in [1.54, 1.807) is 37.4 Å². The molecule has 0 aliphatic heterocycles. The Kier molecular flexibility index (Phi) is 6.75. The van der Waals surface area contributed by atoms with Crippen molar-refractivity contribution in [3.05, 3.63) is 81.6 Å². The molecule has 3 aromatic rings. The van der Waals surface area contributed by atoms with E-state index in [4.69, 9.17) is 23.2 Å². The zero-order valence-corrected chi connectivity index (χ0v) is 18.0. The van der Waals surface area contributed by atoms with Gasteiger partial charge in [-0.2, -0.15) is 0 Å². The lowest BCUT2D eigenvalue weighted by Gasteiger charge is -2.22. The van der Waals surface area contributed by atoms with Gasteiger partial charge in [0.2, 0.25) is 0 Å². The number of carbonyl (C=O) groups is 2. The van der Waals surface area contributed by atoms with Gasteiger partial charge in [-0.15, -0.1) is 0 Å². The highest BCUT2D eigenvalue weighted by atomic mass is 35.5. The molecule has 0 fully saturated rings. The molecule has 0 saturated carbocycles. The van der Waals surface area contributed by atoms with Crippen LogP contribution in [0.1, 0.15) is 34.5 Å². The number of nitrogens with zero attached hydrogens (tertiary/aromatic N) is 2. The predicted molar refractivity (Wildman–Crippen MR) is 120 cm³/mol. The molecule has 1 heterocycles. The molecule has 1 unspecified atom stereocenters. The second kappa shape index (κ2) is 9.28. The van der Waals surface area contributed by atoms with Crippen molar-refractivity contribution < 1.29 is 14.7 Å². The van der Waals surface area contributed by atoms with Gasteiger partial charge in [-0.25, -0.2) is 0 Å². The maximum absolute atomic E-state index is 11.6. The number of aromatic nitrogens is 1. The second-order valence-corrected chi connectivity index (χ2v) is 7.79. The van der Waals surface area contributed by atoms with Crippen LogP contribution in [0.3, 0.4) is 0 Å². The first-order valence-corrected chi connectivity index (χ1v) is 9.99. The fourth-order valence-electron chi connectivity index (χ4n) is 3.20. The Balaban J connectivity index is 1.94. The summed E-state index contributed by atoms with van der Waals surface area (Å²) in [6.45, 7) is 2.07. The highest BCUT2D eigenvalue weighted by Crippen LogP contribution is 2.32. The van der Waals surface area contributed by atoms with Gasteiger partial charge in [0.1, 0.15) is 5.69 Å². The van der Waals surface area contributed by atoms with Crippen LogP contribution in [0.2, 0.25) is 10.0 Å². The van der Waals surface area contributed by atoms with E-state index in [9.17, 15) is 14.7 Å². The van der Waals surface area contributed by atoms with Gasteiger partial charge >= 0.3 is 5.97 Å². The number of carboxylic acid groups (broad SMARTS) is 1. The Morgan fingerprint density at radius 2 is 1.83 bits per heavy atom. The van der Waals surface area contributed by atoms with Crippen LogP contribution in [0, 0.1) is 0 Å². The third-order valence-corrected chi connectivity index (χ3v) is 5.77. The number of rotatable bonds is 7. The number of halogens is 2. The molecule has 1 N–H and O–H groups in total. The topological polar surface area (TPSA) is 70.5 Å². The van der Waals surface area contributed by atoms with Crippen molar-refractivity contribution in [3.63, 3.8) is 0 Å². The fourth-order valence-corrected chi connectivity index (χ4v) is 3.50. The molecule has 2 aromatic carbocycles. The van der Waals surface area contributed by atoms with E-state index in [-0.39, 0.29) is 0 Å². The summed E-state index contributed by atoms with van der Waals surface area (Å²) in [5, 5.41) is 10.1. The zero-order valence-electron chi connectivity index (χ0n) is 16.5. The normalized spacial score (nSPS) is 11.7. The summed E-state index contributed by atoms with van der Waals surface area (Å²) < 4.78 is 0. The van der Waals surface area contributed by atoms with Crippen LogP contribution in [0.5, 0.6) is 0 Å². The molecule has 0 bridgehead atoms. The smallest absolute Gasteiger partial charge is 0.310 e. The van der Waals surface area contributed by atoms with Crippen LogP contribution in [0.15, 0.2) is 54.7 Å². The number of aliphatic carboxylic acids is 1. The van der Waals surface area contributed by atoms with Gasteiger partial charge in [-0.1, -0.05) is 41.4 Å². The second-order valence-electron chi connectivity index (χ2n) is 6.98. The molecule has 0 saturated heterocycles. The minimum atomic E-state index is -0.867. The number of carboxylic acids is 1. The standard InChI is InChI=1S/C23H20Cl2N2O3/c1-14(23(29)30)15-3-6-17(7-4-15)27(2)12-19-18(9-10-26-22(19)13-28)16-5-8-20(24)21(25)11-16/h3-11,13-14H,12H2,1-2H3,(H,29,30). The first-order chi connectivity index (χ1) is 14.3. The molecule has 3 rings (SSSR count). The molecule has 0 aliphatic carbocycles. The Morgan fingerprint density at radius 1 is 1.13 bits per heavy atom. The average molecular weight is 443 g/mol. The van der Waals surface area contributed by atoms with Gasteiger partial charge in [0.25, 0.3) is 0 Å². The average Bonchev–Trinajstić information content (AvgIpc) is 2.75. The van der Waals surface area contributed by atoms with Gasteiger partial charge in [0.15, 0.2) is 6.29 Å². The third-order valence-electron chi connectivity index (χ3n) is 5.03. The van der Waals surface area contributed by atoms with Gasteiger partial charge in [-0.3, -0.25) is 14.6 Å². The Hall–Kier alpha value is -2.89. The Morgan fingerprint density at radius 3 is 2.43 bits per heavy atom. The number of carbonyl (C=O) groups excluding carboxylic acids is 1. The van der Waals surface area contributed by atoms with E-state index in [1.807, 2.05) is 36.2 Å². The molecule has 0 amide bonds. The number of aldehydes is 1. The van der Waals surface area contributed by atoms with Crippen LogP contribution < -0.4 is 4.90 Å². The molecule has 1 aromatic heterocycles. The Bertz CT molecular complexity index is 1080. The largest absolute Gasteiger partial charge is 0.481 e. The molecular formula is C23H20Cl2N2O3.